The van der Waals surface area contributed by atoms with Crippen LogP contribution >= 0.6 is 22.9 Å². The summed E-state index contributed by atoms with van der Waals surface area (Å²) in [5.74, 6) is 0.175. The number of alkyl halides is 1. The van der Waals surface area contributed by atoms with Crippen LogP contribution in [-0.2, 0) is 9.53 Å². The van der Waals surface area contributed by atoms with Crippen LogP contribution in [0.2, 0.25) is 0 Å². The van der Waals surface area contributed by atoms with E-state index in [0.717, 1.165) is 24.5 Å². The average Bonchev–Trinajstić information content (AvgIpc) is 2.86. The van der Waals surface area contributed by atoms with Gasteiger partial charge in [-0.3, -0.25) is 4.79 Å². The molecule has 0 spiro atoms. The molecule has 1 amide bonds. The van der Waals surface area contributed by atoms with Gasteiger partial charge in [-0.05, 0) is 12.8 Å². The molecule has 2 heterocycles. The fourth-order valence-electron chi connectivity index (χ4n) is 1.46. The Morgan fingerprint density at radius 1 is 1.62 bits per heavy atom. The molecule has 1 aliphatic rings. The lowest BCUT2D eigenvalue weighted by molar-refractivity contribution is -0.115. The zero-order chi connectivity index (χ0) is 11.4. The molecule has 5 nitrogen and oxygen atoms in total. The maximum atomic E-state index is 11.3. The third-order valence-electron chi connectivity index (χ3n) is 2.21. The lowest BCUT2D eigenvalue weighted by Crippen LogP contribution is -2.11. The molecular formula is C9H12ClN3O2S. The lowest BCUT2D eigenvalue weighted by Gasteiger charge is -2.02. The number of amides is 1. The SMILES string of the molecule is O=C(CCCl)Nc1nnc(C2CCCO2)s1. The highest BCUT2D eigenvalue weighted by Crippen LogP contribution is 2.31. The van der Waals surface area contributed by atoms with Gasteiger partial charge in [0.2, 0.25) is 11.0 Å². The standard InChI is InChI=1S/C9H12ClN3O2S/c10-4-3-7(14)11-9-13-12-8(16-9)6-2-1-5-15-6/h6H,1-5H2,(H,11,13,14). The minimum absolute atomic E-state index is 0.0520. The molecule has 7 heteroatoms. The van der Waals surface area contributed by atoms with E-state index in [1.807, 2.05) is 0 Å². The Labute approximate surface area is 102 Å². The van der Waals surface area contributed by atoms with Crippen molar-refractivity contribution in [2.45, 2.75) is 25.4 Å². The number of nitrogens with one attached hydrogen (secondary N) is 1. The van der Waals surface area contributed by atoms with Gasteiger partial charge in [-0.25, -0.2) is 0 Å². The fourth-order valence-corrected chi connectivity index (χ4v) is 2.47. The highest BCUT2D eigenvalue weighted by atomic mass is 35.5. The molecular weight excluding hydrogens is 250 g/mol. The van der Waals surface area contributed by atoms with E-state index >= 15 is 0 Å². The molecule has 0 radical (unpaired) electrons. The Morgan fingerprint density at radius 3 is 3.19 bits per heavy atom. The maximum Gasteiger partial charge on any atom is 0.227 e. The molecule has 1 saturated heterocycles. The number of nitrogens with zero attached hydrogens (tertiary/aromatic N) is 2. The van der Waals surface area contributed by atoms with Crippen molar-refractivity contribution in [1.29, 1.82) is 0 Å². The van der Waals surface area contributed by atoms with Gasteiger partial charge in [-0.1, -0.05) is 11.3 Å². The summed E-state index contributed by atoms with van der Waals surface area (Å²) in [6, 6.07) is 0. The minimum Gasteiger partial charge on any atom is -0.371 e. The number of rotatable bonds is 4. The predicted molar refractivity (Wildman–Crippen MR) is 61.8 cm³/mol. The van der Waals surface area contributed by atoms with Crippen molar-refractivity contribution >= 4 is 34.0 Å². The van der Waals surface area contributed by atoms with E-state index in [1.165, 1.54) is 11.3 Å². The third kappa shape index (κ3) is 2.90. The summed E-state index contributed by atoms with van der Waals surface area (Å²) in [6.45, 7) is 0.776. The van der Waals surface area contributed by atoms with Gasteiger partial charge in [0.05, 0.1) is 0 Å². The first-order valence-electron chi connectivity index (χ1n) is 5.10. The molecule has 1 unspecified atom stereocenters. The molecule has 0 bridgehead atoms. The van der Waals surface area contributed by atoms with Gasteiger partial charge in [-0.2, -0.15) is 0 Å². The first-order chi connectivity index (χ1) is 7.79. The molecule has 1 aromatic heterocycles. The smallest absolute Gasteiger partial charge is 0.227 e. The quantitative estimate of drug-likeness (QED) is 0.842. The number of aromatic nitrogens is 2. The first kappa shape index (κ1) is 11.8. The van der Waals surface area contributed by atoms with Crippen molar-refractivity contribution < 1.29 is 9.53 Å². The highest BCUT2D eigenvalue weighted by molar-refractivity contribution is 7.15. The summed E-state index contributed by atoms with van der Waals surface area (Å²) in [6.07, 6.45) is 2.37. The zero-order valence-electron chi connectivity index (χ0n) is 8.61. The number of hydrogen-bond acceptors (Lipinski definition) is 5. The molecule has 0 aliphatic carbocycles. The van der Waals surface area contributed by atoms with Gasteiger partial charge >= 0.3 is 0 Å². The number of halogens is 1. The van der Waals surface area contributed by atoms with Crippen LogP contribution in [0.1, 0.15) is 30.4 Å². The van der Waals surface area contributed by atoms with Crippen LogP contribution in [0.5, 0.6) is 0 Å². The Hall–Kier alpha value is -0.720. The van der Waals surface area contributed by atoms with Crippen molar-refractivity contribution in [3.63, 3.8) is 0 Å². The van der Waals surface area contributed by atoms with Crippen LogP contribution in [0.25, 0.3) is 0 Å². The molecule has 1 atom stereocenters. The van der Waals surface area contributed by atoms with Gasteiger partial charge in [0.15, 0.2) is 0 Å². The number of ether oxygens (including phenoxy) is 1. The summed E-state index contributed by atoms with van der Waals surface area (Å²) < 4.78 is 5.48. The second-order valence-electron chi connectivity index (χ2n) is 3.43. The van der Waals surface area contributed by atoms with Crippen molar-refractivity contribution in [3.05, 3.63) is 5.01 Å². The van der Waals surface area contributed by atoms with Crippen LogP contribution < -0.4 is 5.32 Å². The van der Waals surface area contributed by atoms with Crippen molar-refractivity contribution in [1.82, 2.24) is 10.2 Å². The molecule has 0 aromatic carbocycles. The number of carbonyl (C=O) groups is 1. The largest absolute Gasteiger partial charge is 0.371 e. The van der Waals surface area contributed by atoms with E-state index < -0.39 is 0 Å². The van der Waals surface area contributed by atoms with Gasteiger partial charge in [0.1, 0.15) is 11.1 Å². The Balaban J connectivity index is 1.93. The molecule has 2 rings (SSSR count). The van der Waals surface area contributed by atoms with Crippen LogP contribution in [0.4, 0.5) is 5.13 Å². The Bertz CT molecular complexity index is 365. The van der Waals surface area contributed by atoms with Crippen molar-refractivity contribution in [2.75, 3.05) is 17.8 Å². The monoisotopic (exact) mass is 261 g/mol. The van der Waals surface area contributed by atoms with Crippen LogP contribution in [0.3, 0.4) is 0 Å². The van der Waals surface area contributed by atoms with Crippen molar-refractivity contribution in [3.8, 4) is 0 Å². The second-order valence-corrected chi connectivity index (χ2v) is 4.82. The fraction of sp³-hybridized carbons (Fsp3) is 0.667. The summed E-state index contributed by atoms with van der Waals surface area (Å²) in [5.41, 5.74) is 0. The molecule has 16 heavy (non-hydrogen) atoms. The third-order valence-corrected chi connectivity index (χ3v) is 3.33. The maximum absolute atomic E-state index is 11.3. The van der Waals surface area contributed by atoms with E-state index in [4.69, 9.17) is 16.3 Å². The zero-order valence-corrected chi connectivity index (χ0v) is 10.2. The lowest BCUT2D eigenvalue weighted by atomic mass is 10.2. The van der Waals surface area contributed by atoms with Gasteiger partial charge < -0.3 is 10.1 Å². The van der Waals surface area contributed by atoms with Crippen LogP contribution in [0.15, 0.2) is 0 Å². The summed E-state index contributed by atoms with van der Waals surface area (Å²) in [4.78, 5) is 11.3. The topological polar surface area (TPSA) is 64.1 Å². The Kier molecular flexibility index (Phi) is 4.09. The number of hydrogen-bond donors (Lipinski definition) is 1. The van der Waals surface area contributed by atoms with Gasteiger partial charge in [0, 0.05) is 18.9 Å². The molecule has 0 saturated carbocycles. The van der Waals surface area contributed by atoms with E-state index in [1.54, 1.807) is 0 Å². The Morgan fingerprint density at radius 2 is 2.50 bits per heavy atom. The molecule has 1 aromatic rings. The van der Waals surface area contributed by atoms with E-state index in [-0.39, 0.29) is 18.4 Å². The van der Waals surface area contributed by atoms with Crippen LogP contribution in [-0.4, -0.2) is 28.6 Å². The van der Waals surface area contributed by atoms with Gasteiger partial charge in [0.25, 0.3) is 0 Å². The number of anilines is 1. The average molecular weight is 262 g/mol. The molecule has 1 aliphatic heterocycles. The van der Waals surface area contributed by atoms with Crippen molar-refractivity contribution in [2.24, 2.45) is 0 Å². The summed E-state index contributed by atoms with van der Waals surface area (Å²) >= 11 is 6.82. The highest BCUT2D eigenvalue weighted by Gasteiger charge is 2.22. The second kappa shape index (κ2) is 5.56. The molecule has 88 valence electrons. The van der Waals surface area contributed by atoms with E-state index in [2.05, 4.69) is 15.5 Å². The van der Waals surface area contributed by atoms with E-state index in [9.17, 15) is 4.79 Å². The normalized spacial score (nSPS) is 19.9. The molecule has 1 N–H and O–H groups in total. The number of carbonyl (C=O) groups excluding carboxylic acids is 1. The first-order valence-corrected chi connectivity index (χ1v) is 6.45. The minimum atomic E-state index is -0.134. The summed E-state index contributed by atoms with van der Waals surface area (Å²) in [5, 5.41) is 11.9. The summed E-state index contributed by atoms with van der Waals surface area (Å²) in [7, 11) is 0. The predicted octanol–water partition coefficient (Wildman–Crippen LogP) is 1.96. The van der Waals surface area contributed by atoms with Gasteiger partial charge in [-0.15, -0.1) is 21.8 Å². The van der Waals surface area contributed by atoms with Crippen LogP contribution in [0, 0.1) is 0 Å². The van der Waals surface area contributed by atoms with E-state index in [0.29, 0.717) is 11.0 Å². The molecule has 1 fully saturated rings.